The van der Waals surface area contributed by atoms with Gasteiger partial charge in [0, 0.05) is 0 Å². The van der Waals surface area contributed by atoms with Crippen LogP contribution < -0.4 is 9.46 Å². The molecule has 8 nitrogen and oxygen atoms in total. The molecule has 0 fully saturated rings. The first-order chi connectivity index (χ1) is 9.85. The van der Waals surface area contributed by atoms with E-state index in [4.69, 9.17) is 9.84 Å². The van der Waals surface area contributed by atoms with Crippen molar-refractivity contribution in [1.82, 2.24) is 10.2 Å². The molecule has 3 N–H and O–H groups in total. The van der Waals surface area contributed by atoms with Crippen LogP contribution in [0, 0.1) is 6.92 Å². The molecule has 0 bridgehead atoms. The third-order valence-electron chi connectivity index (χ3n) is 2.78. The standard InChI is InChI=1S/C12H13N3O5S/c1-7-5-8(20-2)3-4-10(7)15-21(18,19)11-9(12(16)17)6-13-14-11/h3-6,15H,1-2H3,(H,13,14)(H,16,17). The van der Waals surface area contributed by atoms with Crippen molar-refractivity contribution in [3.8, 4) is 5.75 Å². The van der Waals surface area contributed by atoms with Crippen LogP contribution in [0.15, 0.2) is 29.4 Å². The number of H-pyrrole nitrogens is 1. The SMILES string of the molecule is COc1ccc(NS(=O)(=O)c2[nH]ncc2C(=O)O)c(C)c1. The fraction of sp³-hybridized carbons (Fsp3) is 0.167. The molecule has 0 spiro atoms. The lowest BCUT2D eigenvalue weighted by atomic mass is 10.2. The average Bonchev–Trinajstić information content (AvgIpc) is 2.91. The van der Waals surface area contributed by atoms with E-state index < -0.39 is 26.6 Å². The number of hydrogen-bond donors (Lipinski definition) is 3. The third kappa shape index (κ3) is 2.97. The van der Waals surface area contributed by atoms with Gasteiger partial charge in [-0.1, -0.05) is 0 Å². The number of aryl methyl sites for hydroxylation is 1. The summed E-state index contributed by atoms with van der Waals surface area (Å²) in [5.74, 6) is -0.793. The summed E-state index contributed by atoms with van der Waals surface area (Å²) in [4.78, 5) is 11.0. The van der Waals surface area contributed by atoms with Crippen molar-refractivity contribution in [3.05, 3.63) is 35.5 Å². The van der Waals surface area contributed by atoms with Gasteiger partial charge in [0.1, 0.15) is 11.3 Å². The summed E-state index contributed by atoms with van der Waals surface area (Å²) in [6.45, 7) is 1.70. The Labute approximate surface area is 120 Å². The van der Waals surface area contributed by atoms with Gasteiger partial charge in [0.25, 0.3) is 10.0 Å². The molecule has 2 rings (SSSR count). The van der Waals surface area contributed by atoms with E-state index in [1.54, 1.807) is 19.1 Å². The minimum atomic E-state index is -4.08. The number of nitrogens with zero attached hydrogens (tertiary/aromatic N) is 1. The fourth-order valence-corrected chi connectivity index (χ4v) is 2.93. The molecule has 0 aliphatic carbocycles. The van der Waals surface area contributed by atoms with Crippen LogP contribution in [0.1, 0.15) is 15.9 Å². The van der Waals surface area contributed by atoms with Gasteiger partial charge in [-0.15, -0.1) is 0 Å². The number of carboxylic acids is 1. The highest BCUT2D eigenvalue weighted by Crippen LogP contribution is 2.24. The van der Waals surface area contributed by atoms with Crippen molar-refractivity contribution in [2.75, 3.05) is 11.8 Å². The summed E-state index contributed by atoms with van der Waals surface area (Å²) in [5, 5.41) is 14.1. The third-order valence-corrected chi connectivity index (χ3v) is 4.12. The number of rotatable bonds is 5. The predicted octanol–water partition coefficient (Wildman–Crippen LogP) is 1.23. The Morgan fingerprint density at radius 1 is 1.43 bits per heavy atom. The van der Waals surface area contributed by atoms with Gasteiger partial charge in [0.2, 0.25) is 0 Å². The van der Waals surface area contributed by atoms with Crippen LogP contribution in [0.3, 0.4) is 0 Å². The number of nitrogens with one attached hydrogen (secondary N) is 2. The van der Waals surface area contributed by atoms with Crippen molar-refractivity contribution < 1.29 is 23.1 Å². The Bertz CT molecular complexity index is 782. The summed E-state index contributed by atoms with van der Waals surface area (Å²) in [5.41, 5.74) is 0.532. The lowest BCUT2D eigenvalue weighted by molar-refractivity contribution is 0.0692. The highest BCUT2D eigenvalue weighted by atomic mass is 32.2. The van der Waals surface area contributed by atoms with E-state index in [2.05, 4.69) is 14.9 Å². The fourth-order valence-electron chi connectivity index (χ4n) is 1.70. The second-order valence-corrected chi connectivity index (χ2v) is 5.82. The molecular weight excluding hydrogens is 298 g/mol. The molecule has 1 aromatic carbocycles. The molecule has 0 radical (unpaired) electrons. The van der Waals surface area contributed by atoms with Crippen molar-refractivity contribution in [2.45, 2.75) is 11.9 Å². The number of aromatic carboxylic acids is 1. The van der Waals surface area contributed by atoms with E-state index in [1.165, 1.54) is 13.2 Å². The molecule has 1 heterocycles. The molecular formula is C12H13N3O5S. The zero-order valence-corrected chi connectivity index (χ0v) is 12.1. The topological polar surface area (TPSA) is 121 Å². The number of aromatic nitrogens is 2. The quantitative estimate of drug-likeness (QED) is 0.763. The maximum Gasteiger partial charge on any atom is 0.340 e. The second kappa shape index (κ2) is 5.44. The molecule has 0 saturated heterocycles. The number of hydrogen-bond acceptors (Lipinski definition) is 5. The smallest absolute Gasteiger partial charge is 0.340 e. The van der Waals surface area contributed by atoms with Crippen LogP contribution in [0.2, 0.25) is 0 Å². The summed E-state index contributed by atoms with van der Waals surface area (Å²) in [6, 6.07) is 4.78. The molecule has 21 heavy (non-hydrogen) atoms. The molecule has 0 unspecified atom stereocenters. The summed E-state index contributed by atoms with van der Waals surface area (Å²) < 4.78 is 31.8. The monoisotopic (exact) mass is 311 g/mol. The molecule has 0 aliphatic rings. The number of aromatic amines is 1. The van der Waals surface area contributed by atoms with E-state index >= 15 is 0 Å². The molecule has 9 heteroatoms. The van der Waals surface area contributed by atoms with Gasteiger partial charge in [0.05, 0.1) is 19.0 Å². The van der Waals surface area contributed by atoms with Crippen LogP contribution in [0.4, 0.5) is 5.69 Å². The van der Waals surface area contributed by atoms with Gasteiger partial charge in [-0.05, 0) is 30.7 Å². The van der Waals surface area contributed by atoms with Gasteiger partial charge < -0.3 is 9.84 Å². The zero-order valence-electron chi connectivity index (χ0n) is 11.2. The number of benzene rings is 1. The molecule has 0 aliphatic heterocycles. The van der Waals surface area contributed by atoms with E-state index in [-0.39, 0.29) is 0 Å². The van der Waals surface area contributed by atoms with Crippen molar-refractivity contribution in [3.63, 3.8) is 0 Å². The highest BCUT2D eigenvalue weighted by molar-refractivity contribution is 7.92. The maximum absolute atomic E-state index is 12.2. The van der Waals surface area contributed by atoms with Crippen molar-refractivity contribution >= 4 is 21.7 Å². The first kappa shape index (κ1) is 14.9. The largest absolute Gasteiger partial charge is 0.497 e. The first-order valence-corrected chi connectivity index (χ1v) is 7.27. The Hall–Kier alpha value is -2.55. The lowest BCUT2D eigenvalue weighted by Crippen LogP contribution is -2.17. The molecule has 0 saturated carbocycles. The number of anilines is 1. The summed E-state index contributed by atoms with van der Waals surface area (Å²) >= 11 is 0. The number of ether oxygens (including phenoxy) is 1. The van der Waals surface area contributed by atoms with Gasteiger partial charge in [-0.3, -0.25) is 9.82 Å². The van der Waals surface area contributed by atoms with Gasteiger partial charge in [0.15, 0.2) is 5.03 Å². The molecule has 1 aromatic heterocycles. The summed E-state index contributed by atoms with van der Waals surface area (Å²) in [7, 11) is -2.58. The molecule has 112 valence electrons. The lowest BCUT2D eigenvalue weighted by Gasteiger charge is -2.11. The Morgan fingerprint density at radius 2 is 2.14 bits per heavy atom. The summed E-state index contributed by atoms with van der Waals surface area (Å²) in [6.07, 6.45) is 0.942. The van der Waals surface area contributed by atoms with Crippen LogP contribution in [0.5, 0.6) is 5.75 Å². The number of carbonyl (C=O) groups is 1. The minimum absolute atomic E-state index is 0.321. The normalized spacial score (nSPS) is 11.1. The number of carboxylic acid groups (broad SMARTS) is 1. The number of methoxy groups -OCH3 is 1. The van der Waals surface area contributed by atoms with E-state index in [0.29, 0.717) is 17.0 Å². The van der Waals surface area contributed by atoms with Gasteiger partial charge in [-0.2, -0.15) is 13.5 Å². The number of sulfonamides is 1. The van der Waals surface area contributed by atoms with Crippen LogP contribution in [0.25, 0.3) is 0 Å². The molecule has 0 amide bonds. The second-order valence-electron chi connectivity index (χ2n) is 4.20. The van der Waals surface area contributed by atoms with Gasteiger partial charge >= 0.3 is 5.97 Å². The van der Waals surface area contributed by atoms with Crippen LogP contribution >= 0.6 is 0 Å². The highest BCUT2D eigenvalue weighted by Gasteiger charge is 2.25. The van der Waals surface area contributed by atoms with Crippen molar-refractivity contribution in [1.29, 1.82) is 0 Å². The van der Waals surface area contributed by atoms with Crippen LogP contribution in [-0.4, -0.2) is 36.8 Å². The Balaban J connectivity index is 2.38. The maximum atomic E-state index is 12.2. The van der Waals surface area contributed by atoms with E-state index in [9.17, 15) is 13.2 Å². The Morgan fingerprint density at radius 3 is 2.71 bits per heavy atom. The Kier molecular flexibility index (Phi) is 3.85. The average molecular weight is 311 g/mol. The zero-order chi connectivity index (χ0) is 15.6. The minimum Gasteiger partial charge on any atom is -0.497 e. The molecule has 0 atom stereocenters. The van der Waals surface area contributed by atoms with Crippen molar-refractivity contribution in [2.24, 2.45) is 0 Å². The first-order valence-electron chi connectivity index (χ1n) is 5.79. The van der Waals surface area contributed by atoms with Gasteiger partial charge in [-0.25, -0.2) is 4.79 Å². The molecule has 2 aromatic rings. The predicted molar refractivity (Wildman–Crippen MR) is 74.1 cm³/mol. The van der Waals surface area contributed by atoms with Crippen LogP contribution in [-0.2, 0) is 10.0 Å². The van der Waals surface area contributed by atoms with E-state index in [1.807, 2.05) is 0 Å². The van der Waals surface area contributed by atoms with E-state index in [0.717, 1.165) is 6.20 Å².